The highest BCUT2D eigenvalue weighted by Crippen LogP contribution is 2.24. The molecule has 6 heteroatoms. The van der Waals surface area contributed by atoms with Gasteiger partial charge in [0, 0.05) is 13.1 Å². The molecular formula is C14H17FN2O2S. The topological polar surface area (TPSA) is 61.2 Å². The average Bonchev–Trinajstić information content (AvgIpc) is 2.37. The van der Waals surface area contributed by atoms with Gasteiger partial charge >= 0.3 is 0 Å². The Morgan fingerprint density at radius 2 is 1.70 bits per heavy atom. The normalized spacial score (nSPS) is 18.0. The van der Waals surface area contributed by atoms with Gasteiger partial charge in [0.25, 0.3) is 0 Å². The van der Waals surface area contributed by atoms with Crippen LogP contribution in [0, 0.1) is 17.1 Å². The summed E-state index contributed by atoms with van der Waals surface area (Å²) in [6.07, 6.45) is 4.73. The Bertz CT molecular complexity index is 615. The molecular weight excluding hydrogens is 279 g/mol. The van der Waals surface area contributed by atoms with E-state index in [-0.39, 0.29) is 4.90 Å². The molecule has 1 aliphatic rings. The molecule has 2 rings (SSSR count). The van der Waals surface area contributed by atoms with E-state index in [4.69, 9.17) is 5.26 Å². The number of benzene rings is 1. The zero-order valence-corrected chi connectivity index (χ0v) is 12.0. The highest BCUT2D eigenvalue weighted by Gasteiger charge is 2.28. The minimum atomic E-state index is -3.80. The monoisotopic (exact) mass is 296 g/mol. The fourth-order valence-corrected chi connectivity index (χ4v) is 4.09. The van der Waals surface area contributed by atoms with E-state index >= 15 is 0 Å². The summed E-state index contributed by atoms with van der Waals surface area (Å²) >= 11 is 0. The van der Waals surface area contributed by atoms with Crippen LogP contribution in [0.4, 0.5) is 4.39 Å². The SMILES string of the molecule is N#Cc1c(F)cccc1S(=O)(=O)N1CCCCCCC1. The molecule has 0 saturated carbocycles. The van der Waals surface area contributed by atoms with Crippen LogP contribution in [0.15, 0.2) is 23.1 Å². The van der Waals surface area contributed by atoms with E-state index < -0.39 is 21.4 Å². The number of hydrogen-bond donors (Lipinski definition) is 0. The standard InChI is InChI=1S/C14H17FN2O2S/c15-13-7-6-8-14(12(13)11-16)20(18,19)17-9-4-2-1-3-5-10-17/h6-8H,1-5,9-10H2. The lowest BCUT2D eigenvalue weighted by molar-refractivity contribution is 0.364. The first-order chi connectivity index (χ1) is 9.57. The molecule has 1 aromatic carbocycles. The molecule has 1 heterocycles. The molecule has 0 unspecified atom stereocenters. The maximum atomic E-state index is 13.6. The minimum absolute atomic E-state index is 0.222. The number of nitriles is 1. The third-order valence-electron chi connectivity index (χ3n) is 3.52. The predicted molar refractivity (Wildman–Crippen MR) is 73.0 cm³/mol. The second-order valence-electron chi connectivity index (χ2n) is 4.90. The molecule has 108 valence electrons. The fourth-order valence-electron chi connectivity index (χ4n) is 2.43. The van der Waals surface area contributed by atoms with Gasteiger partial charge in [0.15, 0.2) is 0 Å². The molecule has 0 spiro atoms. The molecule has 0 aromatic heterocycles. The molecule has 0 N–H and O–H groups in total. The second kappa shape index (κ2) is 6.33. The Hall–Kier alpha value is -1.45. The largest absolute Gasteiger partial charge is 0.244 e. The first-order valence-corrected chi connectivity index (χ1v) is 8.20. The van der Waals surface area contributed by atoms with Gasteiger partial charge in [-0.2, -0.15) is 9.57 Å². The first kappa shape index (κ1) is 14.9. The smallest absolute Gasteiger partial charge is 0.207 e. The van der Waals surface area contributed by atoms with Gasteiger partial charge in [-0.05, 0) is 25.0 Å². The maximum absolute atomic E-state index is 13.6. The van der Waals surface area contributed by atoms with Crippen molar-refractivity contribution in [2.45, 2.75) is 37.0 Å². The highest BCUT2D eigenvalue weighted by molar-refractivity contribution is 7.89. The molecule has 1 saturated heterocycles. The lowest BCUT2D eigenvalue weighted by Gasteiger charge is -2.24. The Labute approximate surface area is 118 Å². The van der Waals surface area contributed by atoms with Crippen molar-refractivity contribution in [3.05, 3.63) is 29.6 Å². The van der Waals surface area contributed by atoms with Crippen LogP contribution in [0.25, 0.3) is 0 Å². The summed E-state index contributed by atoms with van der Waals surface area (Å²) in [5.41, 5.74) is -0.394. The summed E-state index contributed by atoms with van der Waals surface area (Å²) < 4.78 is 40.1. The van der Waals surface area contributed by atoms with E-state index in [1.54, 1.807) is 6.07 Å². The Kier molecular flexibility index (Phi) is 4.73. The molecule has 4 nitrogen and oxygen atoms in total. The molecule has 0 radical (unpaired) electrons. The molecule has 0 aliphatic carbocycles. The van der Waals surface area contributed by atoms with Crippen molar-refractivity contribution in [1.82, 2.24) is 4.31 Å². The Morgan fingerprint density at radius 1 is 1.10 bits per heavy atom. The van der Waals surface area contributed by atoms with Crippen LogP contribution in [0.3, 0.4) is 0 Å². The molecule has 1 aromatic rings. The molecule has 0 atom stereocenters. The zero-order valence-electron chi connectivity index (χ0n) is 11.2. The van der Waals surface area contributed by atoms with Crippen LogP contribution < -0.4 is 0 Å². The summed E-state index contributed by atoms with van der Waals surface area (Å²) in [5.74, 6) is -0.791. The van der Waals surface area contributed by atoms with Crippen molar-refractivity contribution in [3.63, 3.8) is 0 Å². The van der Waals surface area contributed by atoms with Crippen molar-refractivity contribution >= 4 is 10.0 Å². The lowest BCUT2D eigenvalue weighted by atomic mass is 10.1. The summed E-state index contributed by atoms with van der Waals surface area (Å²) in [6.45, 7) is 0.868. The van der Waals surface area contributed by atoms with Crippen molar-refractivity contribution in [3.8, 4) is 6.07 Å². The van der Waals surface area contributed by atoms with Crippen LogP contribution in [0.1, 0.15) is 37.7 Å². The molecule has 0 amide bonds. The van der Waals surface area contributed by atoms with Gasteiger partial charge in [0.1, 0.15) is 22.3 Å². The fraction of sp³-hybridized carbons (Fsp3) is 0.500. The lowest BCUT2D eigenvalue weighted by Crippen LogP contribution is -2.34. The van der Waals surface area contributed by atoms with Crippen molar-refractivity contribution in [2.24, 2.45) is 0 Å². The molecule has 1 fully saturated rings. The number of hydrogen-bond acceptors (Lipinski definition) is 3. The summed E-state index contributed by atoms with van der Waals surface area (Å²) in [7, 11) is -3.80. The molecule has 0 bridgehead atoms. The van der Waals surface area contributed by atoms with Gasteiger partial charge in [-0.1, -0.05) is 25.3 Å². The van der Waals surface area contributed by atoms with Gasteiger partial charge in [-0.3, -0.25) is 0 Å². The van der Waals surface area contributed by atoms with Gasteiger partial charge in [0.05, 0.1) is 0 Å². The number of sulfonamides is 1. The third-order valence-corrected chi connectivity index (χ3v) is 5.46. The molecule has 20 heavy (non-hydrogen) atoms. The van der Waals surface area contributed by atoms with Crippen molar-refractivity contribution in [2.75, 3.05) is 13.1 Å². The zero-order chi connectivity index (χ0) is 14.6. The van der Waals surface area contributed by atoms with Crippen LogP contribution in [-0.4, -0.2) is 25.8 Å². The van der Waals surface area contributed by atoms with Crippen molar-refractivity contribution in [1.29, 1.82) is 5.26 Å². The summed E-state index contributed by atoms with van der Waals surface area (Å²) in [6, 6.07) is 5.39. The predicted octanol–water partition coefficient (Wildman–Crippen LogP) is 2.65. The van der Waals surface area contributed by atoms with E-state index in [2.05, 4.69) is 0 Å². The second-order valence-corrected chi connectivity index (χ2v) is 6.80. The van der Waals surface area contributed by atoms with E-state index in [1.807, 2.05) is 0 Å². The number of halogens is 1. The van der Waals surface area contributed by atoms with Gasteiger partial charge < -0.3 is 0 Å². The van der Waals surface area contributed by atoms with Crippen molar-refractivity contribution < 1.29 is 12.8 Å². The van der Waals surface area contributed by atoms with E-state index in [0.717, 1.165) is 38.2 Å². The Balaban J connectivity index is 2.39. The average molecular weight is 296 g/mol. The van der Waals surface area contributed by atoms with Gasteiger partial charge in [-0.15, -0.1) is 0 Å². The van der Waals surface area contributed by atoms with Gasteiger partial charge in [-0.25, -0.2) is 12.8 Å². The highest BCUT2D eigenvalue weighted by atomic mass is 32.2. The van der Waals surface area contributed by atoms with E-state index in [0.29, 0.717) is 13.1 Å². The summed E-state index contributed by atoms with van der Waals surface area (Å²) in [4.78, 5) is -0.222. The van der Waals surface area contributed by atoms with Gasteiger partial charge in [0.2, 0.25) is 10.0 Å². The van der Waals surface area contributed by atoms with Crippen LogP contribution in [0.5, 0.6) is 0 Å². The van der Waals surface area contributed by atoms with Crippen LogP contribution in [0.2, 0.25) is 0 Å². The van der Waals surface area contributed by atoms with E-state index in [1.165, 1.54) is 16.4 Å². The van der Waals surface area contributed by atoms with Crippen LogP contribution >= 0.6 is 0 Å². The first-order valence-electron chi connectivity index (χ1n) is 6.76. The Morgan fingerprint density at radius 3 is 2.30 bits per heavy atom. The molecule has 1 aliphatic heterocycles. The quantitative estimate of drug-likeness (QED) is 0.843. The third kappa shape index (κ3) is 3.00. The summed E-state index contributed by atoms with van der Waals surface area (Å²) in [5, 5.41) is 8.99. The number of nitrogens with zero attached hydrogens (tertiary/aromatic N) is 2. The number of rotatable bonds is 2. The minimum Gasteiger partial charge on any atom is -0.207 e. The van der Waals surface area contributed by atoms with Crippen LogP contribution in [-0.2, 0) is 10.0 Å². The maximum Gasteiger partial charge on any atom is 0.244 e. The van der Waals surface area contributed by atoms with E-state index in [9.17, 15) is 12.8 Å².